The van der Waals surface area contributed by atoms with Gasteiger partial charge in [0, 0.05) is 16.0 Å². The van der Waals surface area contributed by atoms with Gasteiger partial charge in [0.15, 0.2) is 0 Å². The van der Waals surface area contributed by atoms with Gasteiger partial charge in [-0.15, -0.1) is 11.3 Å². The van der Waals surface area contributed by atoms with Gasteiger partial charge in [-0.25, -0.2) is 4.79 Å². The lowest BCUT2D eigenvalue weighted by Gasteiger charge is -2.31. The van der Waals surface area contributed by atoms with Gasteiger partial charge in [0.25, 0.3) is 0 Å². The summed E-state index contributed by atoms with van der Waals surface area (Å²) < 4.78 is 131. The van der Waals surface area contributed by atoms with Crippen LogP contribution in [-0.2, 0) is 14.3 Å². The van der Waals surface area contributed by atoms with E-state index in [0.717, 1.165) is 5.38 Å². The Morgan fingerprint density at radius 3 is 2.11 bits per heavy atom. The van der Waals surface area contributed by atoms with E-state index < -0.39 is 52.2 Å². The molecule has 1 aromatic heterocycles. The van der Waals surface area contributed by atoms with Crippen molar-refractivity contribution in [3.8, 4) is 11.1 Å². The molecule has 3 rings (SSSR count). The van der Waals surface area contributed by atoms with Crippen LogP contribution in [0.2, 0.25) is 5.02 Å². The number of rotatable bonds is 6. The summed E-state index contributed by atoms with van der Waals surface area (Å²) in [4.78, 5) is 24.5. The minimum absolute atomic E-state index is 0.0285. The first-order valence-electron chi connectivity index (χ1n) is 9.21. The Kier molecular flexibility index (Phi) is 6.62. The van der Waals surface area contributed by atoms with E-state index in [2.05, 4.69) is 4.74 Å². The van der Waals surface area contributed by atoms with Crippen molar-refractivity contribution >= 4 is 39.8 Å². The number of anilines is 1. The van der Waals surface area contributed by atoms with Crippen LogP contribution in [0.3, 0.4) is 0 Å². The van der Waals surface area contributed by atoms with E-state index in [4.69, 9.17) is 16.3 Å². The van der Waals surface area contributed by atoms with Crippen molar-refractivity contribution in [2.75, 3.05) is 11.9 Å². The molecule has 0 bridgehead atoms. The Morgan fingerprint density at radius 1 is 1.06 bits per heavy atom. The van der Waals surface area contributed by atoms with Crippen LogP contribution in [0.5, 0.6) is 0 Å². The highest BCUT2D eigenvalue weighted by Gasteiger charge is 2.96. The van der Waals surface area contributed by atoms with Crippen molar-refractivity contribution in [3.05, 3.63) is 40.2 Å². The second-order valence-corrected chi connectivity index (χ2v) is 8.29. The molecular formula is C19H11ClF9NO4S. The van der Waals surface area contributed by atoms with Gasteiger partial charge in [-0.05, 0) is 24.6 Å². The predicted octanol–water partition coefficient (Wildman–Crippen LogP) is 6.38. The lowest BCUT2D eigenvalue weighted by molar-refractivity contribution is -0.366. The van der Waals surface area contributed by atoms with Gasteiger partial charge >= 0.3 is 41.6 Å². The van der Waals surface area contributed by atoms with Crippen LogP contribution in [0, 0.1) is 0 Å². The van der Waals surface area contributed by atoms with Crippen molar-refractivity contribution < 1.29 is 58.6 Å². The Hall–Kier alpha value is -2.52. The van der Waals surface area contributed by atoms with Crippen LogP contribution in [-0.4, -0.2) is 48.2 Å². The highest BCUT2D eigenvalue weighted by molar-refractivity contribution is 7.15. The lowest BCUT2D eigenvalue weighted by Crippen LogP contribution is -2.63. The number of carbonyl (C=O) groups is 2. The smallest absolute Gasteiger partial charge is 0.428 e. The summed E-state index contributed by atoms with van der Waals surface area (Å²) in [5.74, 6) is -30.6. The fraction of sp³-hybridized carbons (Fsp3) is 0.368. The zero-order chi connectivity index (χ0) is 26.6. The van der Waals surface area contributed by atoms with E-state index in [0.29, 0.717) is 11.3 Å². The van der Waals surface area contributed by atoms with Gasteiger partial charge in [0.05, 0.1) is 6.61 Å². The Morgan fingerprint density at radius 2 is 1.63 bits per heavy atom. The SMILES string of the molecule is CCOC(=O)c1c(-c2ccc(Cl)cc2)csc1NC(=O)C(F)(F)[C@@]1(F)OC(F)(F)C(F)(F)C1(F)F. The highest BCUT2D eigenvalue weighted by atomic mass is 35.5. The number of hydrogen-bond acceptors (Lipinski definition) is 5. The number of benzene rings is 1. The topological polar surface area (TPSA) is 64.6 Å². The normalized spacial score (nSPS) is 22.6. The van der Waals surface area contributed by atoms with E-state index in [-0.39, 0.29) is 22.8 Å². The average molecular weight is 556 g/mol. The van der Waals surface area contributed by atoms with Gasteiger partial charge in [0.2, 0.25) is 0 Å². The number of carbonyl (C=O) groups excluding carboxylic acids is 2. The summed E-state index contributed by atoms with van der Waals surface area (Å²) >= 11 is 6.14. The third-order valence-electron chi connectivity index (χ3n) is 4.77. The Labute approximate surface area is 198 Å². The fourth-order valence-electron chi connectivity index (χ4n) is 2.98. The quantitative estimate of drug-likeness (QED) is 0.332. The van der Waals surface area contributed by atoms with Gasteiger partial charge in [-0.1, -0.05) is 23.7 Å². The lowest BCUT2D eigenvalue weighted by atomic mass is 9.99. The van der Waals surface area contributed by atoms with Gasteiger partial charge in [0.1, 0.15) is 10.6 Å². The molecule has 192 valence electrons. The van der Waals surface area contributed by atoms with Crippen molar-refractivity contribution in [3.63, 3.8) is 0 Å². The van der Waals surface area contributed by atoms with E-state index in [9.17, 15) is 49.1 Å². The highest BCUT2D eigenvalue weighted by Crippen LogP contribution is 2.64. The average Bonchev–Trinajstić information content (AvgIpc) is 3.20. The van der Waals surface area contributed by atoms with Crippen LogP contribution in [0.25, 0.3) is 11.1 Å². The predicted molar refractivity (Wildman–Crippen MR) is 104 cm³/mol. The third-order valence-corrected chi connectivity index (χ3v) is 5.92. The van der Waals surface area contributed by atoms with Gasteiger partial charge in [-0.2, -0.15) is 39.5 Å². The zero-order valence-electron chi connectivity index (χ0n) is 16.9. The summed E-state index contributed by atoms with van der Waals surface area (Å²) in [5.41, 5.74) is -0.377. The number of esters is 1. The zero-order valence-corrected chi connectivity index (χ0v) is 18.5. The molecule has 1 saturated heterocycles. The maximum absolute atomic E-state index is 14.5. The summed E-state index contributed by atoms with van der Waals surface area (Å²) in [6.07, 6.45) is -6.38. The monoisotopic (exact) mass is 555 g/mol. The minimum atomic E-state index is -6.84. The molecule has 2 aromatic rings. The van der Waals surface area contributed by atoms with Crippen LogP contribution in [0.4, 0.5) is 44.5 Å². The first kappa shape index (κ1) is 27.1. The molecule has 1 amide bonds. The molecule has 1 N–H and O–H groups in total. The molecule has 0 spiro atoms. The second-order valence-electron chi connectivity index (χ2n) is 6.97. The van der Waals surface area contributed by atoms with Crippen LogP contribution < -0.4 is 5.32 Å². The largest absolute Gasteiger partial charge is 0.462 e. The molecule has 5 nitrogen and oxygen atoms in total. The van der Waals surface area contributed by atoms with Gasteiger partial charge in [-0.3, -0.25) is 9.53 Å². The van der Waals surface area contributed by atoms with Crippen LogP contribution in [0.1, 0.15) is 17.3 Å². The molecule has 0 aliphatic carbocycles. The molecule has 1 aromatic carbocycles. The summed E-state index contributed by atoms with van der Waals surface area (Å²) in [5, 5.41) is 1.85. The Balaban J connectivity index is 2.03. The minimum Gasteiger partial charge on any atom is -0.462 e. The first-order chi connectivity index (χ1) is 15.9. The van der Waals surface area contributed by atoms with E-state index >= 15 is 0 Å². The molecule has 35 heavy (non-hydrogen) atoms. The molecule has 0 radical (unpaired) electrons. The third kappa shape index (κ3) is 3.93. The summed E-state index contributed by atoms with van der Waals surface area (Å²) in [6.45, 7) is 1.13. The number of hydrogen-bond donors (Lipinski definition) is 1. The second kappa shape index (κ2) is 8.55. The van der Waals surface area contributed by atoms with Crippen LogP contribution in [0.15, 0.2) is 29.6 Å². The number of amides is 1. The van der Waals surface area contributed by atoms with E-state index in [1.807, 2.05) is 0 Å². The molecule has 1 atom stereocenters. The molecule has 1 fully saturated rings. The van der Waals surface area contributed by atoms with E-state index in [1.165, 1.54) is 36.5 Å². The molecule has 16 heteroatoms. The van der Waals surface area contributed by atoms with E-state index in [1.54, 1.807) is 0 Å². The first-order valence-corrected chi connectivity index (χ1v) is 10.5. The molecular weight excluding hydrogens is 545 g/mol. The molecule has 0 saturated carbocycles. The maximum Gasteiger partial charge on any atom is 0.428 e. The van der Waals surface area contributed by atoms with Crippen molar-refractivity contribution in [2.24, 2.45) is 0 Å². The van der Waals surface area contributed by atoms with Crippen molar-refractivity contribution in [2.45, 2.75) is 36.7 Å². The number of halogens is 10. The van der Waals surface area contributed by atoms with Gasteiger partial charge < -0.3 is 10.1 Å². The molecule has 2 heterocycles. The molecule has 1 aliphatic rings. The summed E-state index contributed by atoms with van der Waals surface area (Å²) in [6, 6.07) is 5.51. The summed E-state index contributed by atoms with van der Waals surface area (Å²) in [7, 11) is 0. The molecule has 0 unspecified atom stereocenters. The fourth-order valence-corrected chi connectivity index (χ4v) is 4.05. The number of nitrogens with one attached hydrogen (secondary N) is 1. The maximum atomic E-state index is 14.5. The molecule has 1 aliphatic heterocycles. The van der Waals surface area contributed by atoms with Crippen molar-refractivity contribution in [1.29, 1.82) is 0 Å². The number of alkyl halides is 9. The Bertz CT molecular complexity index is 1160. The van der Waals surface area contributed by atoms with Crippen molar-refractivity contribution in [1.82, 2.24) is 0 Å². The number of ether oxygens (including phenoxy) is 2. The standard InChI is InChI=1S/C19H11ClF9NO4S/c1-2-33-13(31)11-10(8-3-5-9(20)6-4-8)7-35-12(11)30-14(32)15(21,22)18(27)16(23,24)17(25,26)19(28,29)34-18/h3-7H,2H2,1H3,(H,30,32)/t18-/m1/s1. The number of thiophene rings is 1. The van der Waals surface area contributed by atoms with Crippen LogP contribution >= 0.6 is 22.9 Å².